The second-order valence-corrected chi connectivity index (χ2v) is 8.77. The van der Waals surface area contributed by atoms with E-state index in [2.05, 4.69) is 30.1 Å². The highest BCUT2D eigenvalue weighted by Gasteiger charge is 2.26. The van der Waals surface area contributed by atoms with Gasteiger partial charge in [0.1, 0.15) is 5.65 Å². The van der Waals surface area contributed by atoms with Crippen LogP contribution in [0.3, 0.4) is 0 Å². The lowest BCUT2D eigenvalue weighted by molar-refractivity contribution is 0.0964. The maximum atomic E-state index is 12.8. The number of imidazole rings is 1. The van der Waals surface area contributed by atoms with Gasteiger partial charge in [0, 0.05) is 36.9 Å². The predicted molar refractivity (Wildman–Crippen MR) is 121 cm³/mol. The molecule has 6 heteroatoms. The van der Waals surface area contributed by atoms with Crippen molar-refractivity contribution in [1.82, 2.24) is 19.7 Å². The SMILES string of the molecule is CNC(=O)c1cc2c(N3C[C@H](C)C[C@H](C)C3)cc(C)nc2n2c1nc1ccccc12. The molecular weight excluding hydrogens is 374 g/mol. The molecule has 0 spiro atoms. The fourth-order valence-electron chi connectivity index (χ4n) is 5.01. The zero-order valence-electron chi connectivity index (χ0n) is 17.9. The van der Waals surface area contributed by atoms with Crippen LogP contribution in [-0.4, -0.2) is 40.4 Å². The van der Waals surface area contributed by atoms with Gasteiger partial charge in [-0.1, -0.05) is 26.0 Å². The maximum Gasteiger partial charge on any atom is 0.254 e. The zero-order valence-corrected chi connectivity index (χ0v) is 17.9. The molecule has 2 atom stereocenters. The van der Waals surface area contributed by atoms with Gasteiger partial charge in [0.05, 0.1) is 16.6 Å². The van der Waals surface area contributed by atoms with Crippen molar-refractivity contribution < 1.29 is 4.79 Å². The molecule has 4 heterocycles. The lowest BCUT2D eigenvalue weighted by atomic mass is 9.91. The van der Waals surface area contributed by atoms with Crippen molar-refractivity contribution in [3.63, 3.8) is 0 Å². The van der Waals surface area contributed by atoms with E-state index in [4.69, 9.17) is 9.97 Å². The Hall–Kier alpha value is -3.15. The molecule has 1 fully saturated rings. The molecule has 0 aliphatic carbocycles. The van der Waals surface area contributed by atoms with Crippen LogP contribution in [0.15, 0.2) is 36.4 Å². The first-order valence-electron chi connectivity index (χ1n) is 10.6. The third-order valence-corrected chi connectivity index (χ3v) is 6.13. The normalized spacial score (nSPS) is 19.7. The summed E-state index contributed by atoms with van der Waals surface area (Å²) in [5.74, 6) is 1.13. The van der Waals surface area contributed by atoms with Crippen LogP contribution in [0.5, 0.6) is 0 Å². The molecule has 0 bridgehead atoms. The minimum Gasteiger partial charge on any atom is -0.370 e. The molecule has 1 amide bonds. The number of carbonyl (C=O) groups excluding carboxylic acids is 1. The van der Waals surface area contributed by atoms with Gasteiger partial charge < -0.3 is 10.2 Å². The molecule has 0 radical (unpaired) electrons. The number of benzene rings is 1. The van der Waals surface area contributed by atoms with Gasteiger partial charge in [-0.3, -0.25) is 9.20 Å². The Balaban J connectivity index is 1.89. The molecule has 0 saturated carbocycles. The number of carbonyl (C=O) groups is 1. The molecule has 0 unspecified atom stereocenters. The first kappa shape index (κ1) is 18.9. The molecule has 1 aliphatic rings. The standard InChI is InChI=1S/C24H27N5O/c1-14-9-15(2)13-28(12-14)21-10-16(3)26-22-17(21)11-18(24(30)25-4)23-27-19-7-5-6-8-20(19)29(22)23/h5-8,10-11,14-15H,9,12-13H2,1-4H3,(H,25,30)/t14-,15+. The molecule has 1 N–H and O–H groups in total. The number of fused-ring (bicyclic) bond motifs is 5. The molecule has 30 heavy (non-hydrogen) atoms. The highest BCUT2D eigenvalue weighted by Crippen LogP contribution is 2.35. The topological polar surface area (TPSA) is 62.5 Å². The summed E-state index contributed by atoms with van der Waals surface area (Å²) >= 11 is 0. The summed E-state index contributed by atoms with van der Waals surface area (Å²) in [6, 6.07) is 12.1. The Labute approximate surface area is 175 Å². The number of hydrogen-bond donors (Lipinski definition) is 1. The van der Waals surface area contributed by atoms with Crippen molar-refractivity contribution in [1.29, 1.82) is 0 Å². The van der Waals surface area contributed by atoms with Crippen LogP contribution in [0.25, 0.3) is 27.7 Å². The summed E-state index contributed by atoms with van der Waals surface area (Å²) in [6.07, 6.45) is 1.25. The summed E-state index contributed by atoms with van der Waals surface area (Å²) < 4.78 is 2.04. The third kappa shape index (κ3) is 2.90. The minimum atomic E-state index is -0.135. The smallest absolute Gasteiger partial charge is 0.254 e. The molecule has 1 aliphatic heterocycles. The van der Waals surface area contributed by atoms with Crippen molar-refractivity contribution >= 4 is 39.3 Å². The number of amides is 1. The Kier molecular flexibility index (Phi) is 4.38. The molecule has 6 nitrogen and oxygen atoms in total. The highest BCUT2D eigenvalue weighted by atomic mass is 16.1. The van der Waals surface area contributed by atoms with Crippen molar-refractivity contribution in [2.75, 3.05) is 25.0 Å². The molecule has 5 rings (SSSR count). The molecule has 154 valence electrons. The Morgan fingerprint density at radius 3 is 2.53 bits per heavy atom. The Morgan fingerprint density at radius 1 is 1.07 bits per heavy atom. The second-order valence-electron chi connectivity index (χ2n) is 8.77. The van der Waals surface area contributed by atoms with E-state index >= 15 is 0 Å². The average Bonchev–Trinajstić information content (AvgIpc) is 3.11. The lowest BCUT2D eigenvalue weighted by Gasteiger charge is -2.37. The molecule has 4 aromatic rings. The second kappa shape index (κ2) is 6.97. The van der Waals surface area contributed by atoms with Gasteiger partial charge in [-0.2, -0.15) is 0 Å². The number of aromatic nitrogens is 3. The summed E-state index contributed by atoms with van der Waals surface area (Å²) in [5.41, 5.74) is 6.02. The molecule has 1 saturated heterocycles. The molecule has 3 aromatic heterocycles. The van der Waals surface area contributed by atoms with Gasteiger partial charge in [0.15, 0.2) is 5.65 Å². The van der Waals surface area contributed by atoms with Crippen molar-refractivity contribution in [2.24, 2.45) is 11.8 Å². The van der Waals surface area contributed by atoms with Crippen LogP contribution in [0, 0.1) is 18.8 Å². The number of hydrogen-bond acceptors (Lipinski definition) is 4. The van der Waals surface area contributed by atoms with E-state index in [1.807, 2.05) is 41.7 Å². The predicted octanol–water partition coefficient (Wildman–Crippen LogP) is 4.19. The average molecular weight is 402 g/mol. The quantitative estimate of drug-likeness (QED) is 0.547. The van der Waals surface area contributed by atoms with Gasteiger partial charge in [0.2, 0.25) is 0 Å². The third-order valence-electron chi connectivity index (χ3n) is 6.13. The van der Waals surface area contributed by atoms with Crippen LogP contribution in [0.2, 0.25) is 0 Å². The summed E-state index contributed by atoms with van der Waals surface area (Å²) in [7, 11) is 1.66. The van der Waals surface area contributed by atoms with Crippen molar-refractivity contribution in [2.45, 2.75) is 27.2 Å². The number of aryl methyl sites for hydroxylation is 1. The van der Waals surface area contributed by atoms with Gasteiger partial charge in [-0.05, 0) is 49.4 Å². The fourth-order valence-corrected chi connectivity index (χ4v) is 5.01. The number of piperidine rings is 1. The largest absolute Gasteiger partial charge is 0.370 e. The summed E-state index contributed by atoms with van der Waals surface area (Å²) in [6.45, 7) is 8.70. The maximum absolute atomic E-state index is 12.8. The van der Waals surface area contributed by atoms with Crippen molar-refractivity contribution in [3.8, 4) is 0 Å². The van der Waals surface area contributed by atoms with E-state index in [-0.39, 0.29) is 5.91 Å². The Morgan fingerprint density at radius 2 is 1.80 bits per heavy atom. The van der Waals surface area contributed by atoms with E-state index < -0.39 is 0 Å². The van der Waals surface area contributed by atoms with Gasteiger partial charge in [-0.15, -0.1) is 0 Å². The van der Waals surface area contributed by atoms with Gasteiger partial charge >= 0.3 is 0 Å². The van der Waals surface area contributed by atoms with E-state index in [0.29, 0.717) is 23.0 Å². The van der Waals surface area contributed by atoms with E-state index in [1.54, 1.807) is 7.05 Å². The van der Waals surface area contributed by atoms with E-state index in [0.717, 1.165) is 46.5 Å². The monoisotopic (exact) mass is 401 g/mol. The number of nitrogens with one attached hydrogen (secondary N) is 1. The number of nitrogens with zero attached hydrogens (tertiary/aromatic N) is 4. The zero-order chi connectivity index (χ0) is 21.0. The number of rotatable bonds is 2. The molecular formula is C24H27N5O. The lowest BCUT2D eigenvalue weighted by Crippen LogP contribution is -2.39. The van der Waals surface area contributed by atoms with Crippen molar-refractivity contribution in [3.05, 3.63) is 47.7 Å². The number of para-hydroxylation sites is 2. The minimum absolute atomic E-state index is 0.135. The fraction of sp³-hybridized carbons (Fsp3) is 0.375. The first-order valence-corrected chi connectivity index (χ1v) is 10.6. The first-order chi connectivity index (χ1) is 14.5. The van der Waals surface area contributed by atoms with Crippen LogP contribution in [0.4, 0.5) is 5.69 Å². The summed E-state index contributed by atoms with van der Waals surface area (Å²) in [4.78, 5) is 25.0. The Bertz CT molecular complexity index is 1280. The van der Waals surface area contributed by atoms with Gasteiger partial charge in [-0.25, -0.2) is 9.97 Å². The summed E-state index contributed by atoms with van der Waals surface area (Å²) in [5, 5.41) is 3.78. The number of anilines is 1. The van der Waals surface area contributed by atoms with Crippen LogP contribution in [-0.2, 0) is 0 Å². The number of pyridine rings is 2. The van der Waals surface area contributed by atoms with E-state index in [9.17, 15) is 4.79 Å². The molecule has 1 aromatic carbocycles. The highest BCUT2D eigenvalue weighted by molar-refractivity contribution is 6.07. The van der Waals surface area contributed by atoms with Crippen LogP contribution >= 0.6 is 0 Å². The van der Waals surface area contributed by atoms with E-state index in [1.165, 1.54) is 6.42 Å². The van der Waals surface area contributed by atoms with Crippen LogP contribution in [0.1, 0.15) is 36.3 Å². The van der Waals surface area contributed by atoms with Crippen LogP contribution < -0.4 is 10.2 Å². The van der Waals surface area contributed by atoms with Gasteiger partial charge in [0.25, 0.3) is 5.91 Å².